The number of hydrogen-bond acceptors (Lipinski definition) is 3. The number of benzene rings is 1. The van der Waals surface area contributed by atoms with E-state index in [-0.39, 0.29) is 0 Å². The highest BCUT2D eigenvalue weighted by Gasteiger charge is 2.02. The highest BCUT2D eigenvalue weighted by molar-refractivity contribution is 5.45. The van der Waals surface area contributed by atoms with Crippen molar-refractivity contribution in [1.82, 2.24) is 14.9 Å². The number of aromatic amines is 1. The topological polar surface area (TPSA) is 44.0 Å². The van der Waals surface area contributed by atoms with Crippen LogP contribution in [0.3, 0.4) is 0 Å². The molecular formula is C15H22N4. The van der Waals surface area contributed by atoms with Crippen LogP contribution >= 0.6 is 0 Å². The largest absolute Gasteiger partial charge is 0.379 e. The molecule has 0 aliphatic heterocycles. The van der Waals surface area contributed by atoms with E-state index in [4.69, 9.17) is 0 Å². The van der Waals surface area contributed by atoms with Crippen LogP contribution in [0.1, 0.15) is 25.1 Å². The molecule has 4 nitrogen and oxygen atoms in total. The minimum Gasteiger partial charge on any atom is -0.379 e. The van der Waals surface area contributed by atoms with Crippen LogP contribution in [0, 0.1) is 0 Å². The molecule has 2 aromatic rings. The molecular weight excluding hydrogens is 236 g/mol. The van der Waals surface area contributed by atoms with Crippen LogP contribution in [0.15, 0.2) is 36.8 Å². The van der Waals surface area contributed by atoms with E-state index in [1.54, 1.807) is 6.33 Å². The highest BCUT2D eigenvalue weighted by atomic mass is 15.1. The zero-order valence-electron chi connectivity index (χ0n) is 11.7. The number of rotatable bonds is 7. The Morgan fingerprint density at radius 3 is 2.79 bits per heavy atom. The van der Waals surface area contributed by atoms with Crippen LogP contribution in [0.25, 0.3) is 0 Å². The molecule has 0 bridgehead atoms. The van der Waals surface area contributed by atoms with Gasteiger partial charge < -0.3 is 10.3 Å². The summed E-state index contributed by atoms with van der Waals surface area (Å²) >= 11 is 0. The van der Waals surface area contributed by atoms with E-state index in [0.29, 0.717) is 0 Å². The molecule has 0 fully saturated rings. The van der Waals surface area contributed by atoms with Gasteiger partial charge in [0.1, 0.15) is 0 Å². The Morgan fingerprint density at radius 2 is 2.11 bits per heavy atom. The molecule has 0 aliphatic rings. The third-order valence-corrected chi connectivity index (χ3v) is 3.27. The Morgan fingerprint density at radius 1 is 1.26 bits per heavy atom. The Kier molecular flexibility index (Phi) is 4.98. The van der Waals surface area contributed by atoms with E-state index in [1.165, 1.54) is 5.56 Å². The first kappa shape index (κ1) is 13.6. The van der Waals surface area contributed by atoms with E-state index in [1.807, 2.05) is 6.20 Å². The lowest BCUT2D eigenvalue weighted by molar-refractivity contribution is 0.296. The van der Waals surface area contributed by atoms with Crippen molar-refractivity contribution < 1.29 is 0 Å². The van der Waals surface area contributed by atoms with Crippen LogP contribution in [0.5, 0.6) is 0 Å². The summed E-state index contributed by atoms with van der Waals surface area (Å²) in [5, 5.41) is 3.41. The van der Waals surface area contributed by atoms with Gasteiger partial charge in [-0.05, 0) is 30.8 Å². The molecule has 0 atom stereocenters. The summed E-state index contributed by atoms with van der Waals surface area (Å²) in [4.78, 5) is 9.51. The lowest BCUT2D eigenvalue weighted by atomic mass is 10.2. The van der Waals surface area contributed by atoms with Gasteiger partial charge in [0.25, 0.3) is 0 Å². The van der Waals surface area contributed by atoms with Crippen molar-refractivity contribution in [1.29, 1.82) is 0 Å². The predicted octanol–water partition coefficient (Wildman–Crippen LogP) is 2.86. The van der Waals surface area contributed by atoms with Gasteiger partial charge in [-0.1, -0.05) is 26.0 Å². The molecule has 0 amide bonds. The van der Waals surface area contributed by atoms with Crippen LogP contribution < -0.4 is 5.32 Å². The Bertz CT molecular complexity index is 475. The molecule has 19 heavy (non-hydrogen) atoms. The standard InChI is InChI=1S/C15H22N4/c1-3-19(4-2)11-13-6-5-7-14(8-13)17-10-15-9-16-12-18-15/h5-9,12,17H,3-4,10-11H2,1-2H3,(H,16,18). The summed E-state index contributed by atoms with van der Waals surface area (Å²) in [7, 11) is 0. The average Bonchev–Trinajstić information content (AvgIpc) is 2.96. The first-order valence-electron chi connectivity index (χ1n) is 6.84. The number of hydrogen-bond donors (Lipinski definition) is 2. The fourth-order valence-corrected chi connectivity index (χ4v) is 2.06. The first-order chi connectivity index (χ1) is 9.31. The van der Waals surface area contributed by atoms with Crippen molar-refractivity contribution in [2.75, 3.05) is 18.4 Å². The van der Waals surface area contributed by atoms with E-state index >= 15 is 0 Å². The summed E-state index contributed by atoms with van der Waals surface area (Å²) in [5.74, 6) is 0. The van der Waals surface area contributed by atoms with Gasteiger partial charge >= 0.3 is 0 Å². The van der Waals surface area contributed by atoms with Gasteiger partial charge in [0, 0.05) is 18.4 Å². The summed E-state index contributed by atoms with van der Waals surface area (Å²) in [6.07, 6.45) is 3.54. The van der Waals surface area contributed by atoms with Gasteiger partial charge in [0.05, 0.1) is 18.6 Å². The monoisotopic (exact) mass is 258 g/mol. The van der Waals surface area contributed by atoms with Crippen LogP contribution in [0.2, 0.25) is 0 Å². The second-order valence-electron chi connectivity index (χ2n) is 4.59. The molecule has 1 aromatic heterocycles. The number of nitrogens with one attached hydrogen (secondary N) is 2. The molecule has 102 valence electrons. The van der Waals surface area contributed by atoms with Gasteiger partial charge in [-0.25, -0.2) is 4.98 Å². The third kappa shape index (κ3) is 4.10. The zero-order chi connectivity index (χ0) is 13.5. The first-order valence-corrected chi connectivity index (χ1v) is 6.84. The number of imidazole rings is 1. The SMILES string of the molecule is CCN(CC)Cc1cccc(NCc2cnc[nH]2)c1. The lowest BCUT2D eigenvalue weighted by Crippen LogP contribution is -2.22. The minimum absolute atomic E-state index is 0.773. The Balaban J connectivity index is 1.94. The fourth-order valence-electron chi connectivity index (χ4n) is 2.06. The summed E-state index contributed by atoms with van der Waals surface area (Å²) in [6.45, 7) is 8.35. The van der Waals surface area contributed by atoms with Crippen molar-refractivity contribution in [3.8, 4) is 0 Å². The smallest absolute Gasteiger partial charge is 0.0922 e. The summed E-state index contributed by atoms with van der Waals surface area (Å²) in [5.41, 5.74) is 3.59. The zero-order valence-corrected chi connectivity index (χ0v) is 11.7. The number of anilines is 1. The molecule has 2 rings (SSSR count). The fraction of sp³-hybridized carbons (Fsp3) is 0.400. The Labute approximate surface area is 114 Å². The number of nitrogens with zero attached hydrogens (tertiary/aromatic N) is 2. The molecule has 0 spiro atoms. The molecule has 0 radical (unpaired) electrons. The van der Waals surface area contributed by atoms with Crippen molar-refractivity contribution in [3.05, 3.63) is 48.0 Å². The number of aromatic nitrogens is 2. The number of H-pyrrole nitrogens is 1. The van der Waals surface area contributed by atoms with Gasteiger partial charge in [-0.2, -0.15) is 0 Å². The second-order valence-corrected chi connectivity index (χ2v) is 4.59. The molecule has 0 aliphatic carbocycles. The molecule has 0 unspecified atom stereocenters. The molecule has 2 N–H and O–H groups in total. The van der Waals surface area contributed by atoms with E-state index in [0.717, 1.165) is 37.6 Å². The van der Waals surface area contributed by atoms with Crippen LogP contribution in [-0.4, -0.2) is 28.0 Å². The van der Waals surface area contributed by atoms with Crippen molar-refractivity contribution in [2.24, 2.45) is 0 Å². The quantitative estimate of drug-likeness (QED) is 0.802. The van der Waals surface area contributed by atoms with Gasteiger partial charge in [-0.15, -0.1) is 0 Å². The molecule has 1 aromatic carbocycles. The van der Waals surface area contributed by atoms with Crippen LogP contribution in [-0.2, 0) is 13.1 Å². The van der Waals surface area contributed by atoms with E-state index in [9.17, 15) is 0 Å². The van der Waals surface area contributed by atoms with E-state index < -0.39 is 0 Å². The molecule has 1 heterocycles. The van der Waals surface area contributed by atoms with Gasteiger partial charge in [0.2, 0.25) is 0 Å². The predicted molar refractivity (Wildman–Crippen MR) is 79.0 cm³/mol. The van der Waals surface area contributed by atoms with Crippen molar-refractivity contribution in [2.45, 2.75) is 26.9 Å². The van der Waals surface area contributed by atoms with E-state index in [2.05, 4.69) is 58.3 Å². The third-order valence-electron chi connectivity index (χ3n) is 3.27. The van der Waals surface area contributed by atoms with Gasteiger partial charge in [-0.3, -0.25) is 4.90 Å². The summed E-state index contributed by atoms with van der Waals surface area (Å²) in [6, 6.07) is 8.60. The average molecular weight is 258 g/mol. The maximum absolute atomic E-state index is 4.01. The molecule has 4 heteroatoms. The normalized spacial score (nSPS) is 10.9. The lowest BCUT2D eigenvalue weighted by Gasteiger charge is -2.18. The van der Waals surface area contributed by atoms with Crippen LogP contribution in [0.4, 0.5) is 5.69 Å². The highest BCUT2D eigenvalue weighted by Crippen LogP contribution is 2.13. The Hall–Kier alpha value is -1.81. The van der Waals surface area contributed by atoms with Crippen molar-refractivity contribution >= 4 is 5.69 Å². The van der Waals surface area contributed by atoms with Gasteiger partial charge in [0.15, 0.2) is 0 Å². The maximum Gasteiger partial charge on any atom is 0.0922 e. The minimum atomic E-state index is 0.773. The maximum atomic E-state index is 4.01. The second kappa shape index (κ2) is 6.95. The van der Waals surface area contributed by atoms with Crippen molar-refractivity contribution in [3.63, 3.8) is 0 Å². The molecule has 0 saturated heterocycles. The summed E-state index contributed by atoms with van der Waals surface area (Å²) < 4.78 is 0. The molecule has 0 saturated carbocycles.